The van der Waals surface area contributed by atoms with E-state index in [2.05, 4.69) is 30.9 Å². The normalized spacial score (nSPS) is 18.9. The SMILES string of the molecule is CC/C=C/[C@@H](C)C/C(=C/C(=O)O)N1CCCC1. The van der Waals surface area contributed by atoms with Crippen LogP contribution in [0.15, 0.2) is 23.9 Å². The lowest BCUT2D eigenvalue weighted by atomic mass is 10.0. The van der Waals surface area contributed by atoms with E-state index in [0.29, 0.717) is 5.92 Å². The van der Waals surface area contributed by atoms with Gasteiger partial charge in [0.05, 0.1) is 0 Å². The van der Waals surface area contributed by atoms with Crippen LogP contribution in [0.1, 0.15) is 39.5 Å². The molecule has 96 valence electrons. The first kappa shape index (κ1) is 13.8. The van der Waals surface area contributed by atoms with Crippen LogP contribution in [-0.4, -0.2) is 29.1 Å². The van der Waals surface area contributed by atoms with Gasteiger partial charge in [-0.05, 0) is 31.6 Å². The van der Waals surface area contributed by atoms with Crippen molar-refractivity contribution < 1.29 is 9.90 Å². The standard InChI is InChI=1S/C14H23NO2/c1-3-4-7-12(2)10-13(11-14(16)17)15-8-5-6-9-15/h4,7,11-12H,3,5-6,8-10H2,1-2H3,(H,16,17)/b7-4+,13-11-/t12-/m1/s1. The van der Waals surface area contributed by atoms with Gasteiger partial charge in [-0.15, -0.1) is 0 Å². The van der Waals surface area contributed by atoms with E-state index in [1.165, 1.54) is 18.9 Å². The summed E-state index contributed by atoms with van der Waals surface area (Å²) in [5, 5.41) is 8.91. The Labute approximate surface area is 104 Å². The van der Waals surface area contributed by atoms with E-state index in [4.69, 9.17) is 5.11 Å². The molecule has 1 rings (SSSR count). The van der Waals surface area contributed by atoms with E-state index in [1.807, 2.05) is 0 Å². The Balaban J connectivity index is 2.63. The highest BCUT2D eigenvalue weighted by Crippen LogP contribution is 2.21. The minimum atomic E-state index is -0.835. The van der Waals surface area contributed by atoms with Crippen molar-refractivity contribution >= 4 is 5.97 Å². The summed E-state index contributed by atoms with van der Waals surface area (Å²) in [5.41, 5.74) is 0.975. The van der Waals surface area contributed by atoms with Gasteiger partial charge in [0, 0.05) is 24.9 Å². The summed E-state index contributed by atoms with van der Waals surface area (Å²) >= 11 is 0. The van der Waals surface area contributed by atoms with Gasteiger partial charge >= 0.3 is 5.97 Å². The quantitative estimate of drug-likeness (QED) is 0.570. The van der Waals surface area contributed by atoms with Gasteiger partial charge in [-0.2, -0.15) is 0 Å². The third-order valence-electron chi connectivity index (χ3n) is 3.03. The number of hydrogen-bond donors (Lipinski definition) is 1. The predicted molar refractivity (Wildman–Crippen MR) is 69.7 cm³/mol. The van der Waals surface area contributed by atoms with Gasteiger partial charge in [-0.3, -0.25) is 0 Å². The van der Waals surface area contributed by atoms with E-state index >= 15 is 0 Å². The molecule has 1 aliphatic rings. The minimum Gasteiger partial charge on any atom is -0.478 e. The third-order valence-corrected chi connectivity index (χ3v) is 3.03. The fraction of sp³-hybridized carbons (Fsp3) is 0.643. The monoisotopic (exact) mass is 237 g/mol. The number of likely N-dealkylation sites (tertiary alicyclic amines) is 1. The van der Waals surface area contributed by atoms with Crippen LogP contribution < -0.4 is 0 Å². The Bertz CT molecular complexity index is 301. The van der Waals surface area contributed by atoms with Gasteiger partial charge in [0.1, 0.15) is 0 Å². The molecular weight excluding hydrogens is 214 g/mol. The second-order valence-electron chi connectivity index (χ2n) is 4.69. The molecule has 1 atom stereocenters. The van der Waals surface area contributed by atoms with Crippen molar-refractivity contribution in [3.05, 3.63) is 23.9 Å². The molecule has 1 N–H and O–H groups in total. The zero-order chi connectivity index (χ0) is 12.7. The third kappa shape index (κ3) is 5.07. The molecule has 1 heterocycles. The highest BCUT2D eigenvalue weighted by molar-refractivity contribution is 5.80. The van der Waals surface area contributed by atoms with Gasteiger partial charge in [0.15, 0.2) is 0 Å². The zero-order valence-electron chi connectivity index (χ0n) is 10.9. The molecule has 0 bridgehead atoms. The van der Waals surface area contributed by atoms with E-state index in [0.717, 1.165) is 31.6 Å². The van der Waals surface area contributed by atoms with Crippen LogP contribution in [-0.2, 0) is 4.79 Å². The maximum absolute atomic E-state index is 10.8. The Morgan fingerprint density at radius 2 is 2.06 bits per heavy atom. The largest absolute Gasteiger partial charge is 0.478 e. The summed E-state index contributed by atoms with van der Waals surface area (Å²) in [6.45, 7) is 6.25. The molecule has 1 fully saturated rings. The molecule has 3 heteroatoms. The summed E-state index contributed by atoms with van der Waals surface area (Å²) in [6.07, 6.45) is 9.90. The van der Waals surface area contributed by atoms with E-state index < -0.39 is 5.97 Å². The number of nitrogens with zero attached hydrogens (tertiary/aromatic N) is 1. The molecule has 1 aliphatic heterocycles. The topological polar surface area (TPSA) is 40.5 Å². The molecule has 0 aromatic rings. The first-order valence-corrected chi connectivity index (χ1v) is 6.48. The second-order valence-corrected chi connectivity index (χ2v) is 4.69. The molecular formula is C14H23NO2. The average Bonchev–Trinajstić information content (AvgIpc) is 2.78. The smallest absolute Gasteiger partial charge is 0.330 e. The highest BCUT2D eigenvalue weighted by Gasteiger charge is 2.17. The zero-order valence-corrected chi connectivity index (χ0v) is 10.9. The fourth-order valence-corrected chi connectivity index (χ4v) is 2.19. The molecule has 0 spiro atoms. The Morgan fingerprint density at radius 3 is 2.59 bits per heavy atom. The van der Waals surface area contributed by atoms with Gasteiger partial charge in [0.25, 0.3) is 0 Å². The summed E-state index contributed by atoms with van der Waals surface area (Å²) in [4.78, 5) is 13.1. The molecule has 0 aromatic heterocycles. The lowest BCUT2D eigenvalue weighted by molar-refractivity contribution is -0.131. The fourth-order valence-electron chi connectivity index (χ4n) is 2.19. The Morgan fingerprint density at radius 1 is 1.41 bits per heavy atom. The summed E-state index contributed by atoms with van der Waals surface area (Å²) in [7, 11) is 0. The Hall–Kier alpha value is -1.25. The van der Waals surface area contributed by atoms with Gasteiger partial charge in [-0.1, -0.05) is 26.0 Å². The highest BCUT2D eigenvalue weighted by atomic mass is 16.4. The average molecular weight is 237 g/mol. The van der Waals surface area contributed by atoms with Gasteiger partial charge in [0.2, 0.25) is 0 Å². The summed E-state index contributed by atoms with van der Waals surface area (Å²) in [5.74, 6) is -0.431. The first-order valence-electron chi connectivity index (χ1n) is 6.48. The van der Waals surface area contributed by atoms with Crippen molar-refractivity contribution in [2.75, 3.05) is 13.1 Å². The van der Waals surface area contributed by atoms with Crippen LogP contribution >= 0.6 is 0 Å². The van der Waals surface area contributed by atoms with Crippen LogP contribution in [0.4, 0.5) is 0 Å². The maximum atomic E-state index is 10.8. The minimum absolute atomic E-state index is 0.404. The number of allylic oxidation sites excluding steroid dienone is 3. The van der Waals surface area contributed by atoms with Crippen molar-refractivity contribution in [3.8, 4) is 0 Å². The number of rotatable bonds is 6. The number of carbonyl (C=O) groups is 1. The van der Waals surface area contributed by atoms with Crippen LogP contribution in [0.3, 0.4) is 0 Å². The molecule has 0 unspecified atom stereocenters. The number of hydrogen-bond acceptors (Lipinski definition) is 2. The molecule has 0 radical (unpaired) electrons. The predicted octanol–water partition coefficient (Wildman–Crippen LogP) is 3.04. The summed E-state index contributed by atoms with van der Waals surface area (Å²) < 4.78 is 0. The van der Waals surface area contributed by atoms with Crippen molar-refractivity contribution in [1.82, 2.24) is 4.90 Å². The number of carboxylic acid groups (broad SMARTS) is 1. The molecule has 0 amide bonds. The Kier molecular flexibility index (Phi) is 5.81. The van der Waals surface area contributed by atoms with Crippen LogP contribution in [0, 0.1) is 5.92 Å². The van der Waals surface area contributed by atoms with E-state index in [9.17, 15) is 4.79 Å². The molecule has 1 saturated heterocycles. The lowest BCUT2D eigenvalue weighted by Gasteiger charge is -2.22. The molecule has 17 heavy (non-hydrogen) atoms. The molecule has 0 aromatic carbocycles. The van der Waals surface area contributed by atoms with Crippen LogP contribution in [0.2, 0.25) is 0 Å². The number of carboxylic acids is 1. The van der Waals surface area contributed by atoms with E-state index in [1.54, 1.807) is 0 Å². The van der Waals surface area contributed by atoms with Crippen molar-refractivity contribution in [2.45, 2.75) is 39.5 Å². The van der Waals surface area contributed by atoms with Crippen molar-refractivity contribution in [3.63, 3.8) is 0 Å². The maximum Gasteiger partial charge on any atom is 0.330 e. The second kappa shape index (κ2) is 7.15. The van der Waals surface area contributed by atoms with Crippen LogP contribution in [0.5, 0.6) is 0 Å². The van der Waals surface area contributed by atoms with Gasteiger partial charge < -0.3 is 10.0 Å². The summed E-state index contributed by atoms with van der Waals surface area (Å²) in [6, 6.07) is 0. The van der Waals surface area contributed by atoms with Gasteiger partial charge in [-0.25, -0.2) is 4.79 Å². The van der Waals surface area contributed by atoms with E-state index in [-0.39, 0.29) is 0 Å². The van der Waals surface area contributed by atoms with Crippen molar-refractivity contribution in [2.24, 2.45) is 5.92 Å². The molecule has 3 nitrogen and oxygen atoms in total. The lowest BCUT2D eigenvalue weighted by Crippen LogP contribution is -2.21. The first-order chi connectivity index (χ1) is 8.13. The number of aliphatic carboxylic acids is 1. The van der Waals surface area contributed by atoms with Crippen molar-refractivity contribution in [1.29, 1.82) is 0 Å². The molecule has 0 saturated carbocycles. The van der Waals surface area contributed by atoms with Crippen LogP contribution in [0.25, 0.3) is 0 Å². The molecule has 0 aliphatic carbocycles.